The highest BCUT2D eigenvalue weighted by atomic mass is 19.1. The minimum absolute atomic E-state index is 0.302. The summed E-state index contributed by atoms with van der Waals surface area (Å²) in [5, 5.41) is 0. The quantitative estimate of drug-likeness (QED) is 0.618. The molecule has 0 aliphatic heterocycles. The normalized spacial score (nSPS) is 11.2. The van der Waals surface area contributed by atoms with Crippen LogP contribution in [-0.4, -0.2) is 13.4 Å². The molecule has 0 fully saturated rings. The zero-order valence-electron chi connectivity index (χ0n) is 10.5. The highest BCUT2D eigenvalue weighted by Crippen LogP contribution is 2.25. The second-order valence-corrected chi connectivity index (χ2v) is 3.95. The molecule has 0 bridgehead atoms. The second-order valence-electron chi connectivity index (χ2n) is 3.95. The highest BCUT2D eigenvalue weighted by Gasteiger charge is 2.05. The average molecular weight is 256 g/mol. The summed E-state index contributed by atoms with van der Waals surface area (Å²) < 4.78 is 18.0. The van der Waals surface area contributed by atoms with Crippen LogP contribution in [0.3, 0.4) is 0 Å². The van der Waals surface area contributed by atoms with Crippen LogP contribution in [0.2, 0.25) is 0 Å². The Balaban J connectivity index is 2.42. The predicted molar refractivity (Wildman–Crippen MR) is 72.5 cm³/mol. The Bertz CT molecular complexity index is 583. The summed E-state index contributed by atoms with van der Waals surface area (Å²) in [5.74, 6) is 0.442. The number of carbonyl (C=O) groups excluding carboxylic acids is 1. The lowest BCUT2D eigenvalue weighted by atomic mass is 9.97. The predicted octanol–water partition coefficient (Wildman–Crippen LogP) is 3.46. The van der Waals surface area contributed by atoms with Gasteiger partial charge in [0, 0.05) is 0 Å². The van der Waals surface area contributed by atoms with E-state index < -0.39 is 0 Å². The van der Waals surface area contributed by atoms with E-state index in [0.29, 0.717) is 0 Å². The first-order valence-electron chi connectivity index (χ1n) is 5.80. The molecule has 96 valence electrons. The Labute approximate surface area is 111 Å². The van der Waals surface area contributed by atoms with Crippen molar-refractivity contribution < 1.29 is 13.9 Å². The van der Waals surface area contributed by atoms with Gasteiger partial charge >= 0.3 is 0 Å². The van der Waals surface area contributed by atoms with Gasteiger partial charge in [-0.05, 0) is 47.0 Å². The van der Waals surface area contributed by atoms with Crippen molar-refractivity contribution in [2.45, 2.75) is 0 Å². The van der Waals surface area contributed by atoms with Gasteiger partial charge in [0.05, 0.1) is 7.11 Å². The molecule has 0 spiro atoms. The summed E-state index contributed by atoms with van der Waals surface area (Å²) in [6, 6.07) is 13.4. The number of hydrogen-bond donors (Lipinski definition) is 0. The third-order valence-corrected chi connectivity index (χ3v) is 2.79. The van der Waals surface area contributed by atoms with Crippen LogP contribution in [0.15, 0.2) is 54.6 Å². The van der Waals surface area contributed by atoms with E-state index in [-0.39, 0.29) is 5.82 Å². The number of benzene rings is 2. The summed E-state index contributed by atoms with van der Waals surface area (Å²) >= 11 is 0. The van der Waals surface area contributed by atoms with E-state index in [1.54, 1.807) is 19.2 Å². The lowest BCUT2D eigenvalue weighted by Crippen LogP contribution is -1.90. The van der Waals surface area contributed by atoms with Gasteiger partial charge in [-0.15, -0.1) is 0 Å². The molecule has 2 nitrogen and oxygen atoms in total. The fourth-order valence-corrected chi connectivity index (χ4v) is 1.83. The van der Waals surface area contributed by atoms with E-state index in [9.17, 15) is 9.18 Å². The number of carbonyl (C=O) groups is 1. The largest absolute Gasteiger partial charge is 0.497 e. The van der Waals surface area contributed by atoms with Gasteiger partial charge in [-0.25, -0.2) is 4.39 Å². The Morgan fingerprint density at radius 3 is 2.00 bits per heavy atom. The average Bonchev–Trinajstić information content (AvgIpc) is 2.46. The van der Waals surface area contributed by atoms with E-state index in [0.717, 1.165) is 28.7 Å². The third-order valence-electron chi connectivity index (χ3n) is 2.79. The van der Waals surface area contributed by atoms with Crippen molar-refractivity contribution in [1.82, 2.24) is 0 Å². The van der Waals surface area contributed by atoms with E-state index >= 15 is 0 Å². The zero-order chi connectivity index (χ0) is 13.7. The van der Waals surface area contributed by atoms with E-state index in [1.165, 1.54) is 18.2 Å². The Morgan fingerprint density at radius 2 is 1.53 bits per heavy atom. The van der Waals surface area contributed by atoms with Crippen LogP contribution in [0, 0.1) is 5.82 Å². The molecule has 0 saturated carbocycles. The standard InChI is InChI=1S/C16H13FO2/c1-19-15-8-4-13(5-9-15)16(10-11-18)12-2-6-14(17)7-3-12/h2-11H,1H3/b16-10-. The Hall–Kier alpha value is -2.42. The molecule has 0 aliphatic rings. The molecule has 19 heavy (non-hydrogen) atoms. The van der Waals surface area contributed by atoms with Crippen molar-refractivity contribution >= 4 is 11.9 Å². The molecule has 0 aliphatic carbocycles. The van der Waals surface area contributed by atoms with E-state index in [4.69, 9.17) is 4.74 Å². The van der Waals surface area contributed by atoms with Crippen molar-refractivity contribution in [1.29, 1.82) is 0 Å². The molecule has 2 aromatic carbocycles. The summed E-state index contributed by atoms with van der Waals surface area (Å²) in [5.41, 5.74) is 2.41. The molecule has 0 saturated heterocycles. The first-order valence-corrected chi connectivity index (χ1v) is 5.80. The van der Waals surface area contributed by atoms with Crippen molar-refractivity contribution in [2.75, 3.05) is 7.11 Å². The number of halogens is 1. The first kappa shape index (κ1) is 13.0. The number of allylic oxidation sites excluding steroid dienone is 1. The smallest absolute Gasteiger partial charge is 0.143 e. The van der Waals surface area contributed by atoms with Crippen LogP contribution in [-0.2, 0) is 4.79 Å². The van der Waals surface area contributed by atoms with Crippen molar-refractivity contribution in [3.63, 3.8) is 0 Å². The number of methoxy groups -OCH3 is 1. The first-order chi connectivity index (χ1) is 9.24. The number of hydrogen-bond acceptors (Lipinski definition) is 2. The maximum Gasteiger partial charge on any atom is 0.143 e. The fraction of sp³-hybridized carbons (Fsp3) is 0.0625. The van der Waals surface area contributed by atoms with Gasteiger partial charge in [0.2, 0.25) is 0 Å². The summed E-state index contributed by atoms with van der Waals surface area (Å²) in [6.07, 6.45) is 2.19. The maximum absolute atomic E-state index is 12.9. The zero-order valence-corrected chi connectivity index (χ0v) is 10.5. The molecule has 2 aromatic rings. The molecule has 0 aromatic heterocycles. The van der Waals surface area contributed by atoms with Crippen LogP contribution in [0.4, 0.5) is 4.39 Å². The molecule has 0 heterocycles. The molecule has 0 amide bonds. The Kier molecular flexibility index (Phi) is 4.08. The molecule has 0 N–H and O–H groups in total. The topological polar surface area (TPSA) is 26.3 Å². The van der Waals surface area contributed by atoms with E-state index in [2.05, 4.69) is 0 Å². The van der Waals surface area contributed by atoms with Crippen LogP contribution in [0.25, 0.3) is 5.57 Å². The van der Waals surface area contributed by atoms with Gasteiger partial charge in [0.15, 0.2) is 0 Å². The van der Waals surface area contributed by atoms with Gasteiger partial charge in [-0.1, -0.05) is 24.3 Å². The molecule has 2 rings (SSSR count). The molecule has 0 unspecified atom stereocenters. The van der Waals surface area contributed by atoms with Crippen LogP contribution in [0.1, 0.15) is 11.1 Å². The van der Waals surface area contributed by atoms with Crippen LogP contribution < -0.4 is 4.74 Å². The monoisotopic (exact) mass is 256 g/mol. The molecular formula is C16H13FO2. The minimum atomic E-state index is -0.302. The summed E-state index contributed by atoms with van der Waals surface area (Å²) in [4.78, 5) is 10.8. The van der Waals surface area contributed by atoms with Gasteiger partial charge in [0.25, 0.3) is 0 Å². The van der Waals surface area contributed by atoms with Gasteiger partial charge in [-0.2, -0.15) is 0 Å². The van der Waals surface area contributed by atoms with Gasteiger partial charge in [-0.3, -0.25) is 4.79 Å². The lowest BCUT2D eigenvalue weighted by Gasteiger charge is -2.08. The summed E-state index contributed by atoms with van der Waals surface area (Å²) in [7, 11) is 1.59. The maximum atomic E-state index is 12.9. The van der Waals surface area contributed by atoms with Crippen LogP contribution in [0.5, 0.6) is 5.75 Å². The molecule has 0 atom stereocenters. The fourth-order valence-electron chi connectivity index (χ4n) is 1.83. The Morgan fingerprint density at radius 1 is 1.00 bits per heavy atom. The van der Waals surface area contributed by atoms with Crippen molar-refractivity contribution in [3.05, 3.63) is 71.6 Å². The third kappa shape index (κ3) is 3.07. The van der Waals surface area contributed by atoms with Crippen LogP contribution >= 0.6 is 0 Å². The van der Waals surface area contributed by atoms with Gasteiger partial charge < -0.3 is 4.74 Å². The lowest BCUT2D eigenvalue weighted by molar-refractivity contribution is -0.104. The number of aldehydes is 1. The van der Waals surface area contributed by atoms with Crippen molar-refractivity contribution in [3.8, 4) is 5.75 Å². The summed E-state index contributed by atoms with van der Waals surface area (Å²) in [6.45, 7) is 0. The molecule has 0 radical (unpaired) electrons. The number of rotatable bonds is 4. The molecule has 3 heteroatoms. The highest BCUT2D eigenvalue weighted by molar-refractivity contribution is 5.89. The van der Waals surface area contributed by atoms with Gasteiger partial charge in [0.1, 0.15) is 17.9 Å². The van der Waals surface area contributed by atoms with E-state index in [1.807, 2.05) is 24.3 Å². The molecular weight excluding hydrogens is 243 g/mol. The second kappa shape index (κ2) is 5.96. The minimum Gasteiger partial charge on any atom is -0.497 e. The SMILES string of the molecule is COc1ccc(/C(=C\C=O)c2ccc(F)cc2)cc1. The number of ether oxygens (including phenoxy) is 1. The van der Waals surface area contributed by atoms with Crippen molar-refractivity contribution in [2.24, 2.45) is 0 Å².